The maximum atomic E-state index is 12.5. The minimum atomic E-state index is 0.0791. The highest BCUT2D eigenvalue weighted by Gasteiger charge is 2.28. The first-order chi connectivity index (χ1) is 10.7. The normalized spacial score (nSPS) is 23.4. The minimum Gasteiger partial charge on any atom is -0.327 e. The van der Waals surface area contributed by atoms with E-state index in [2.05, 4.69) is 27.4 Å². The van der Waals surface area contributed by atoms with Gasteiger partial charge in [-0.15, -0.1) is 0 Å². The number of carbonyl (C=O) groups excluding carboxylic acids is 1. The van der Waals surface area contributed by atoms with Crippen LogP contribution in [-0.2, 0) is 4.79 Å². The van der Waals surface area contributed by atoms with Crippen LogP contribution in [0.2, 0.25) is 0 Å². The largest absolute Gasteiger partial charge is 0.327 e. The summed E-state index contributed by atoms with van der Waals surface area (Å²) >= 11 is 0. The van der Waals surface area contributed by atoms with E-state index in [1.165, 1.54) is 0 Å². The molecule has 2 heterocycles. The lowest BCUT2D eigenvalue weighted by Crippen LogP contribution is -2.35. The highest BCUT2D eigenvalue weighted by Crippen LogP contribution is 2.32. The third-order valence-corrected chi connectivity index (χ3v) is 4.83. The molecule has 6 nitrogen and oxygen atoms in total. The molecule has 2 aromatic rings. The fourth-order valence-corrected chi connectivity index (χ4v) is 3.34. The van der Waals surface area contributed by atoms with E-state index < -0.39 is 0 Å². The number of rotatable bonds is 4. The highest BCUT2D eigenvalue weighted by molar-refractivity contribution is 6.00. The summed E-state index contributed by atoms with van der Waals surface area (Å²) in [6, 6.07) is 2.09. The lowest BCUT2D eigenvalue weighted by atomic mass is 9.78. The molecule has 0 radical (unpaired) electrons. The number of hydrogen-bond acceptors (Lipinski definition) is 4. The standard InChI is InChI=1S/C16H23N5O/c1-2-13(17)10-3-5-11(6-4-10)16(22)20-14-7-8-18-15-12(14)9-19-21-15/h7-11,13H,2-6,17H2,1H3,(H2,18,19,20,21,22). The van der Waals surface area contributed by atoms with Gasteiger partial charge in [0.25, 0.3) is 0 Å². The number of hydrogen-bond donors (Lipinski definition) is 3. The molecule has 1 atom stereocenters. The zero-order valence-corrected chi connectivity index (χ0v) is 12.9. The summed E-state index contributed by atoms with van der Waals surface area (Å²) in [4.78, 5) is 16.7. The Morgan fingerprint density at radius 3 is 2.95 bits per heavy atom. The summed E-state index contributed by atoms with van der Waals surface area (Å²) in [6.07, 6.45) is 8.31. The summed E-state index contributed by atoms with van der Waals surface area (Å²) < 4.78 is 0. The van der Waals surface area contributed by atoms with E-state index >= 15 is 0 Å². The summed E-state index contributed by atoms with van der Waals surface area (Å²) in [5, 5.41) is 10.7. The number of H-pyrrole nitrogens is 1. The second kappa shape index (κ2) is 6.44. The van der Waals surface area contributed by atoms with Crippen LogP contribution in [-0.4, -0.2) is 27.1 Å². The minimum absolute atomic E-state index is 0.0791. The Kier molecular flexibility index (Phi) is 4.38. The molecule has 1 amide bonds. The first kappa shape index (κ1) is 15.0. The second-order valence-corrected chi connectivity index (χ2v) is 6.16. The van der Waals surface area contributed by atoms with Gasteiger partial charge in [-0.2, -0.15) is 5.10 Å². The highest BCUT2D eigenvalue weighted by atomic mass is 16.1. The molecule has 0 spiro atoms. The van der Waals surface area contributed by atoms with Crippen LogP contribution in [0.15, 0.2) is 18.5 Å². The van der Waals surface area contributed by atoms with Crippen molar-refractivity contribution in [3.63, 3.8) is 0 Å². The number of anilines is 1. The summed E-state index contributed by atoms with van der Waals surface area (Å²) in [7, 11) is 0. The number of carbonyl (C=O) groups is 1. The summed E-state index contributed by atoms with van der Waals surface area (Å²) in [6.45, 7) is 2.13. The molecule has 1 saturated carbocycles. The first-order valence-corrected chi connectivity index (χ1v) is 8.03. The van der Waals surface area contributed by atoms with Crippen LogP contribution in [0.4, 0.5) is 5.69 Å². The molecular formula is C16H23N5O. The van der Waals surface area contributed by atoms with Crippen LogP contribution < -0.4 is 11.1 Å². The van der Waals surface area contributed by atoms with Crippen molar-refractivity contribution >= 4 is 22.6 Å². The number of pyridine rings is 1. The van der Waals surface area contributed by atoms with Crippen LogP contribution in [0, 0.1) is 11.8 Å². The monoisotopic (exact) mass is 301 g/mol. The van der Waals surface area contributed by atoms with Gasteiger partial charge in [-0.1, -0.05) is 6.92 Å². The molecule has 1 unspecified atom stereocenters. The Hall–Kier alpha value is -1.95. The lowest BCUT2D eigenvalue weighted by Gasteiger charge is -2.31. The smallest absolute Gasteiger partial charge is 0.227 e. The molecule has 1 aliphatic carbocycles. The second-order valence-electron chi connectivity index (χ2n) is 6.16. The predicted molar refractivity (Wildman–Crippen MR) is 86.2 cm³/mol. The van der Waals surface area contributed by atoms with Crippen molar-refractivity contribution in [1.82, 2.24) is 15.2 Å². The molecule has 4 N–H and O–H groups in total. The molecule has 0 saturated heterocycles. The van der Waals surface area contributed by atoms with Gasteiger partial charge < -0.3 is 11.1 Å². The molecule has 22 heavy (non-hydrogen) atoms. The number of nitrogens with one attached hydrogen (secondary N) is 2. The van der Waals surface area contributed by atoms with E-state index in [1.54, 1.807) is 12.4 Å². The molecule has 1 aliphatic rings. The van der Waals surface area contributed by atoms with Gasteiger partial charge in [0.2, 0.25) is 5.91 Å². The molecule has 6 heteroatoms. The van der Waals surface area contributed by atoms with Gasteiger partial charge in [0.05, 0.1) is 17.3 Å². The van der Waals surface area contributed by atoms with Gasteiger partial charge in [-0.25, -0.2) is 4.98 Å². The fraction of sp³-hybridized carbons (Fsp3) is 0.562. The Labute approximate surface area is 129 Å². The van der Waals surface area contributed by atoms with E-state index in [1.807, 2.05) is 6.07 Å². The van der Waals surface area contributed by atoms with Crippen molar-refractivity contribution in [2.45, 2.75) is 45.1 Å². The number of fused-ring (bicyclic) bond motifs is 1. The molecule has 2 aromatic heterocycles. The van der Waals surface area contributed by atoms with Gasteiger partial charge in [0.1, 0.15) is 0 Å². The zero-order valence-electron chi connectivity index (χ0n) is 12.9. The van der Waals surface area contributed by atoms with Crippen molar-refractivity contribution in [1.29, 1.82) is 0 Å². The van der Waals surface area contributed by atoms with Crippen molar-refractivity contribution in [2.75, 3.05) is 5.32 Å². The third kappa shape index (κ3) is 2.97. The Morgan fingerprint density at radius 1 is 1.45 bits per heavy atom. The van der Waals surface area contributed by atoms with Gasteiger partial charge in [-0.05, 0) is 44.1 Å². The van der Waals surface area contributed by atoms with E-state index in [0.717, 1.165) is 43.2 Å². The summed E-state index contributed by atoms with van der Waals surface area (Å²) in [5.41, 5.74) is 7.59. The predicted octanol–water partition coefficient (Wildman–Crippen LogP) is 2.44. The Balaban J connectivity index is 1.62. The number of amides is 1. The molecule has 118 valence electrons. The third-order valence-electron chi connectivity index (χ3n) is 4.83. The van der Waals surface area contributed by atoms with Gasteiger partial charge in [0.15, 0.2) is 5.65 Å². The Bertz CT molecular complexity index is 645. The van der Waals surface area contributed by atoms with Gasteiger partial charge in [-0.3, -0.25) is 9.89 Å². The van der Waals surface area contributed by atoms with Crippen LogP contribution in [0.3, 0.4) is 0 Å². The quantitative estimate of drug-likeness (QED) is 0.808. The summed E-state index contributed by atoms with van der Waals surface area (Å²) in [5.74, 6) is 0.739. The van der Waals surface area contributed by atoms with E-state index in [0.29, 0.717) is 11.6 Å². The molecule has 0 bridgehead atoms. The lowest BCUT2D eigenvalue weighted by molar-refractivity contribution is -0.121. The first-order valence-electron chi connectivity index (χ1n) is 8.03. The molecule has 3 rings (SSSR count). The van der Waals surface area contributed by atoms with Crippen LogP contribution in [0.5, 0.6) is 0 Å². The maximum Gasteiger partial charge on any atom is 0.227 e. The Morgan fingerprint density at radius 2 is 2.23 bits per heavy atom. The fourth-order valence-electron chi connectivity index (χ4n) is 3.34. The molecular weight excluding hydrogens is 278 g/mol. The van der Waals surface area contributed by atoms with E-state index in [4.69, 9.17) is 5.73 Å². The number of aromatic amines is 1. The number of nitrogens with two attached hydrogens (primary N) is 1. The molecule has 0 aromatic carbocycles. The van der Waals surface area contributed by atoms with Gasteiger partial charge in [0, 0.05) is 18.2 Å². The van der Waals surface area contributed by atoms with Crippen LogP contribution in [0.1, 0.15) is 39.0 Å². The maximum absolute atomic E-state index is 12.5. The van der Waals surface area contributed by atoms with Crippen LogP contribution in [0.25, 0.3) is 11.0 Å². The molecule has 1 fully saturated rings. The number of nitrogens with zero attached hydrogens (tertiary/aromatic N) is 2. The van der Waals surface area contributed by atoms with Crippen molar-refractivity contribution < 1.29 is 4.79 Å². The van der Waals surface area contributed by atoms with E-state index in [9.17, 15) is 4.79 Å². The average Bonchev–Trinajstić information content (AvgIpc) is 3.04. The van der Waals surface area contributed by atoms with E-state index in [-0.39, 0.29) is 17.9 Å². The zero-order chi connectivity index (χ0) is 15.5. The SMILES string of the molecule is CCC(N)C1CCC(C(=O)Nc2ccnc3[nH]ncc23)CC1. The average molecular weight is 301 g/mol. The molecule has 0 aliphatic heterocycles. The van der Waals surface area contributed by atoms with Crippen molar-refractivity contribution in [3.8, 4) is 0 Å². The van der Waals surface area contributed by atoms with Crippen molar-refractivity contribution in [2.24, 2.45) is 17.6 Å². The van der Waals surface area contributed by atoms with Crippen LogP contribution >= 0.6 is 0 Å². The van der Waals surface area contributed by atoms with Crippen molar-refractivity contribution in [3.05, 3.63) is 18.5 Å². The number of aromatic nitrogens is 3. The van der Waals surface area contributed by atoms with Gasteiger partial charge >= 0.3 is 0 Å². The topological polar surface area (TPSA) is 96.7 Å².